The molecular formula is C16H21N7O. The number of anilines is 1. The summed E-state index contributed by atoms with van der Waals surface area (Å²) in [4.78, 5) is 24.8. The number of amides is 1. The highest BCUT2D eigenvalue weighted by Gasteiger charge is 2.19. The lowest BCUT2D eigenvalue weighted by Crippen LogP contribution is -2.39. The summed E-state index contributed by atoms with van der Waals surface area (Å²) in [5.41, 5.74) is 0.917. The first-order valence-corrected chi connectivity index (χ1v) is 8.02. The Labute approximate surface area is 140 Å². The molecule has 1 saturated heterocycles. The molecule has 0 saturated carbocycles. The van der Waals surface area contributed by atoms with Crippen molar-refractivity contribution in [2.45, 2.75) is 13.3 Å². The van der Waals surface area contributed by atoms with Crippen molar-refractivity contribution < 1.29 is 4.79 Å². The number of terminal acetylenes is 1. The molecule has 0 spiro atoms. The van der Waals surface area contributed by atoms with Crippen molar-refractivity contribution in [1.29, 1.82) is 0 Å². The predicted octanol–water partition coefficient (Wildman–Crippen LogP) is -0.306. The van der Waals surface area contributed by atoms with Gasteiger partial charge in [0.25, 0.3) is 5.78 Å². The second-order valence-corrected chi connectivity index (χ2v) is 5.83. The molecule has 0 aliphatic carbocycles. The molecule has 1 fully saturated rings. The third-order valence-corrected chi connectivity index (χ3v) is 4.03. The maximum atomic E-state index is 11.8. The molecular weight excluding hydrogens is 306 g/mol. The van der Waals surface area contributed by atoms with E-state index < -0.39 is 0 Å². The van der Waals surface area contributed by atoms with Crippen LogP contribution < -0.4 is 10.2 Å². The van der Waals surface area contributed by atoms with Crippen LogP contribution in [0.25, 0.3) is 5.78 Å². The van der Waals surface area contributed by atoms with Gasteiger partial charge in [0, 0.05) is 37.9 Å². The van der Waals surface area contributed by atoms with Gasteiger partial charge in [0.1, 0.15) is 12.1 Å². The summed E-state index contributed by atoms with van der Waals surface area (Å²) >= 11 is 0. The van der Waals surface area contributed by atoms with Gasteiger partial charge in [-0.3, -0.25) is 9.69 Å². The van der Waals surface area contributed by atoms with E-state index in [0.29, 0.717) is 12.3 Å². The smallest absolute Gasteiger partial charge is 0.254 e. The van der Waals surface area contributed by atoms with E-state index in [0.717, 1.165) is 44.1 Å². The fourth-order valence-electron chi connectivity index (χ4n) is 2.90. The second kappa shape index (κ2) is 7.27. The van der Waals surface area contributed by atoms with Crippen molar-refractivity contribution in [1.82, 2.24) is 29.8 Å². The number of hydrogen-bond acceptors (Lipinski definition) is 6. The molecule has 0 bridgehead atoms. The monoisotopic (exact) mass is 327 g/mol. The average molecular weight is 327 g/mol. The predicted molar refractivity (Wildman–Crippen MR) is 90.6 cm³/mol. The number of carbonyl (C=O) groups excluding carboxylic acids is 1. The first-order valence-electron chi connectivity index (χ1n) is 8.02. The Balaban J connectivity index is 1.68. The van der Waals surface area contributed by atoms with Crippen LogP contribution in [0.2, 0.25) is 0 Å². The molecule has 2 aromatic rings. The standard InChI is InChI=1S/C16H21N7O/c1-3-5-17-14(24)11-21-6-4-7-22(9-8-21)15-10-13(2)20-16-18-12-19-23(15)16/h1,10,12H,4-9,11H2,2H3,(H,17,24). The maximum absolute atomic E-state index is 11.8. The molecule has 0 unspecified atom stereocenters. The van der Waals surface area contributed by atoms with Gasteiger partial charge in [-0.15, -0.1) is 6.42 Å². The second-order valence-electron chi connectivity index (χ2n) is 5.83. The molecule has 0 aromatic carbocycles. The summed E-state index contributed by atoms with van der Waals surface area (Å²) in [5, 5.41) is 6.98. The Morgan fingerprint density at radius 1 is 1.38 bits per heavy atom. The first kappa shape index (κ1) is 16.2. The molecule has 24 heavy (non-hydrogen) atoms. The summed E-state index contributed by atoms with van der Waals surface area (Å²) in [6, 6.07) is 2.02. The average Bonchev–Trinajstić information content (AvgIpc) is 2.91. The lowest BCUT2D eigenvalue weighted by Gasteiger charge is -2.23. The summed E-state index contributed by atoms with van der Waals surface area (Å²) < 4.78 is 1.77. The fraction of sp³-hybridized carbons (Fsp3) is 0.500. The highest BCUT2D eigenvalue weighted by atomic mass is 16.2. The van der Waals surface area contributed by atoms with Gasteiger partial charge in [-0.1, -0.05) is 5.92 Å². The molecule has 126 valence electrons. The highest BCUT2D eigenvalue weighted by Crippen LogP contribution is 2.17. The van der Waals surface area contributed by atoms with Crippen LogP contribution in [0.4, 0.5) is 5.82 Å². The topological polar surface area (TPSA) is 78.7 Å². The Kier molecular flexibility index (Phi) is 4.91. The molecule has 1 aliphatic heterocycles. The SMILES string of the molecule is C#CCNC(=O)CN1CCCN(c2cc(C)nc3ncnn23)CC1. The molecule has 1 aliphatic rings. The molecule has 1 amide bonds. The number of nitrogens with zero attached hydrogens (tertiary/aromatic N) is 6. The van der Waals surface area contributed by atoms with Gasteiger partial charge in [-0.25, -0.2) is 4.98 Å². The quantitative estimate of drug-likeness (QED) is 0.777. The molecule has 1 N–H and O–H groups in total. The largest absolute Gasteiger partial charge is 0.355 e. The van der Waals surface area contributed by atoms with Gasteiger partial charge in [0.15, 0.2) is 0 Å². The number of rotatable bonds is 4. The summed E-state index contributed by atoms with van der Waals surface area (Å²) in [6.45, 7) is 6.02. The number of aromatic nitrogens is 4. The lowest BCUT2D eigenvalue weighted by atomic mass is 10.3. The van der Waals surface area contributed by atoms with Gasteiger partial charge < -0.3 is 10.2 Å². The van der Waals surface area contributed by atoms with E-state index >= 15 is 0 Å². The van der Waals surface area contributed by atoms with Crippen LogP contribution in [0.15, 0.2) is 12.4 Å². The van der Waals surface area contributed by atoms with Crippen molar-refractivity contribution >= 4 is 17.5 Å². The summed E-state index contributed by atoms with van der Waals surface area (Å²) in [6.07, 6.45) is 7.65. The Morgan fingerprint density at radius 2 is 2.25 bits per heavy atom. The van der Waals surface area contributed by atoms with E-state index in [-0.39, 0.29) is 12.5 Å². The normalized spacial score (nSPS) is 15.9. The van der Waals surface area contributed by atoms with Gasteiger partial charge in [0.05, 0.1) is 13.1 Å². The molecule has 3 heterocycles. The van der Waals surface area contributed by atoms with Crippen LogP contribution in [0, 0.1) is 19.3 Å². The Bertz CT molecular complexity index is 763. The Hall–Kier alpha value is -2.66. The summed E-state index contributed by atoms with van der Waals surface area (Å²) in [7, 11) is 0. The third kappa shape index (κ3) is 3.63. The van der Waals surface area contributed by atoms with Crippen LogP contribution in [0.3, 0.4) is 0 Å². The van der Waals surface area contributed by atoms with Gasteiger partial charge in [0.2, 0.25) is 5.91 Å². The van der Waals surface area contributed by atoms with Crippen LogP contribution >= 0.6 is 0 Å². The van der Waals surface area contributed by atoms with Gasteiger partial charge in [-0.2, -0.15) is 14.6 Å². The molecule has 0 radical (unpaired) electrons. The van der Waals surface area contributed by atoms with Crippen molar-refractivity contribution in [2.24, 2.45) is 0 Å². The Morgan fingerprint density at radius 3 is 3.08 bits per heavy atom. The minimum atomic E-state index is -0.0279. The minimum Gasteiger partial charge on any atom is -0.355 e. The van der Waals surface area contributed by atoms with Crippen molar-refractivity contribution in [3.05, 3.63) is 18.1 Å². The maximum Gasteiger partial charge on any atom is 0.254 e. The number of carbonyl (C=O) groups is 1. The van der Waals surface area contributed by atoms with Crippen LogP contribution in [0.1, 0.15) is 12.1 Å². The number of aryl methyl sites for hydroxylation is 1. The molecule has 0 atom stereocenters. The lowest BCUT2D eigenvalue weighted by molar-refractivity contribution is -0.121. The highest BCUT2D eigenvalue weighted by molar-refractivity contribution is 5.78. The van der Waals surface area contributed by atoms with Gasteiger partial charge in [-0.05, 0) is 13.3 Å². The van der Waals surface area contributed by atoms with Crippen molar-refractivity contribution in [3.8, 4) is 12.3 Å². The van der Waals surface area contributed by atoms with Crippen LogP contribution in [-0.4, -0.2) is 69.7 Å². The van der Waals surface area contributed by atoms with Crippen molar-refractivity contribution in [2.75, 3.05) is 44.2 Å². The zero-order chi connectivity index (χ0) is 16.9. The van der Waals surface area contributed by atoms with Gasteiger partial charge >= 0.3 is 0 Å². The zero-order valence-corrected chi connectivity index (χ0v) is 13.8. The van der Waals surface area contributed by atoms with E-state index in [1.54, 1.807) is 4.52 Å². The number of hydrogen-bond donors (Lipinski definition) is 1. The minimum absolute atomic E-state index is 0.0279. The molecule has 8 heteroatoms. The fourth-order valence-corrected chi connectivity index (χ4v) is 2.90. The number of fused-ring (bicyclic) bond motifs is 1. The van der Waals surface area contributed by atoms with Crippen molar-refractivity contribution in [3.63, 3.8) is 0 Å². The first-order chi connectivity index (χ1) is 11.7. The molecule has 8 nitrogen and oxygen atoms in total. The van der Waals surface area contributed by atoms with E-state index in [2.05, 4.69) is 36.1 Å². The zero-order valence-electron chi connectivity index (χ0n) is 13.8. The van der Waals surface area contributed by atoms with Crippen LogP contribution in [0.5, 0.6) is 0 Å². The summed E-state index contributed by atoms with van der Waals surface area (Å²) in [5.74, 6) is 3.99. The van der Waals surface area contributed by atoms with E-state index in [4.69, 9.17) is 6.42 Å². The number of nitrogens with one attached hydrogen (secondary N) is 1. The molecule has 2 aromatic heterocycles. The van der Waals surface area contributed by atoms with E-state index in [1.165, 1.54) is 6.33 Å². The van der Waals surface area contributed by atoms with Crippen LogP contribution in [-0.2, 0) is 4.79 Å². The van der Waals surface area contributed by atoms with E-state index in [9.17, 15) is 4.79 Å². The van der Waals surface area contributed by atoms with E-state index in [1.807, 2.05) is 13.0 Å². The molecule has 3 rings (SSSR count). The third-order valence-electron chi connectivity index (χ3n) is 4.03.